The number of nitrogens with zero attached hydrogens (tertiary/aromatic N) is 3. The number of hydrogen-bond donors (Lipinski definition) is 4. The third-order valence-corrected chi connectivity index (χ3v) is 22.4. The number of nitrogens with one attached hydrogen (secondary N) is 4. The molecule has 5 saturated carbocycles. The molecule has 1 aliphatic heterocycles. The van der Waals surface area contributed by atoms with E-state index in [1.807, 2.05) is 6.08 Å². The van der Waals surface area contributed by atoms with Gasteiger partial charge in [-0.3, -0.25) is 9.59 Å². The molecule has 4 N–H and O–H groups in total. The zero-order valence-corrected chi connectivity index (χ0v) is 50.4. The van der Waals surface area contributed by atoms with Gasteiger partial charge >= 0.3 is 6.09 Å². The summed E-state index contributed by atoms with van der Waals surface area (Å²) in [4.78, 5) is 50.3. The van der Waals surface area contributed by atoms with Gasteiger partial charge in [0.25, 0.3) is 5.91 Å². The van der Waals surface area contributed by atoms with Crippen molar-refractivity contribution in [2.75, 3.05) is 12.5 Å². The molecule has 0 radical (unpaired) electrons. The topological polar surface area (TPSA) is 260 Å². The van der Waals surface area contributed by atoms with Gasteiger partial charge in [0.05, 0.1) is 29.2 Å². The molecule has 0 spiro atoms. The molecule has 0 bridgehead atoms. The van der Waals surface area contributed by atoms with Crippen molar-refractivity contribution in [1.82, 2.24) is 24.4 Å². The van der Waals surface area contributed by atoms with Gasteiger partial charge in [0.1, 0.15) is 17.7 Å². The average molecular weight is 1150 g/mol. The Hall–Kier alpha value is -2.87. The highest BCUT2D eigenvalue weighted by molar-refractivity contribution is 7.90. The summed E-state index contributed by atoms with van der Waals surface area (Å²) in [6, 6.07) is -1.41. The van der Waals surface area contributed by atoms with Gasteiger partial charge in [0.15, 0.2) is 5.78 Å². The zero-order valence-electron chi connectivity index (χ0n) is 47.2. The number of ketones is 1. The maximum absolute atomic E-state index is 14.7. The quantitative estimate of drug-likeness (QED) is 0.0553. The van der Waals surface area contributed by atoms with Crippen LogP contribution in [0.15, 0.2) is 16.6 Å². The largest absolute Gasteiger partial charge is 0.471 e. The van der Waals surface area contributed by atoms with Crippen LogP contribution in [0.1, 0.15) is 178 Å². The highest BCUT2D eigenvalue weighted by Crippen LogP contribution is 2.52. The van der Waals surface area contributed by atoms with E-state index in [1.165, 1.54) is 0 Å². The number of Topliss-reactive ketones (excluding diaryl/α,β-unsaturated/α-hetero) is 1. The SMILES string of the molecule is CCC(C)(C)C1CC2N=C(/C(C#N)=C/C3CCC(N(C(=O)OC(C(=O)NC4CC(NS(=O)(=O)C5CCC(NS(C)(=O)=O)CC5NS(C)(=O)=O)CCC4Cl)C(=O)C(C)(C)C)C4CCCC4)CC3C)OC2C(C(C)(C)CC)C1. The molecule has 22 heteroatoms. The Morgan fingerprint density at radius 2 is 1.39 bits per heavy atom. The van der Waals surface area contributed by atoms with Crippen molar-refractivity contribution in [3.05, 3.63) is 11.6 Å². The highest BCUT2D eigenvalue weighted by atomic mass is 35.5. The first-order valence-electron chi connectivity index (χ1n) is 28.0. The Bertz CT molecular complexity index is 2560. The van der Waals surface area contributed by atoms with Crippen molar-refractivity contribution in [1.29, 1.82) is 5.26 Å². The van der Waals surface area contributed by atoms with Crippen LogP contribution in [0.25, 0.3) is 0 Å². The molecule has 1 heterocycles. The summed E-state index contributed by atoms with van der Waals surface area (Å²) in [5, 5.41) is 11.6. The van der Waals surface area contributed by atoms with E-state index in [0.29, 0.717) is 49.0 Å². The number of fused-ring (bicyclic) bond motifs is 1. The van der Waals surface area contributed by atoms with Crippen molar-refractivity contribution in [3.8, 4) is 6.07 Å². The number of carbonyl (C=O) groups is 3. The number of rotatable bonds is 19. The number of alkyl halides is 1. The summed E-state index contributed by atoms with van der Waals surface area (Å²) in [5.41, 5.74) is -0.466. The third-order valence-electron chi connectivity index (χ3n) is 18.4. The second kappa shape index (κ2) is 24.5. The molecule has 14 atom stereocenters. The Morgan fingerprint density at radius 3 is 1.97 bits per heavy atom. The molecular weight excluding hydrogens is 1050 g/mol. The lowest BCUT2D eigenvalue weighted by Crippen LogP contribution is -2.59. The van der Waals surface area contributed by atoms with Crippen LogP contribution in [0.5, 0.6) is 0 Å². The minimum Gasteiger partial charge on any atom is -0.471 e. The number of amides is 2. The zero-order chi connectivity index (χ0) is 56.5. The number of aliphatic imine (C=N–C) groups is 1. The van der Waals surface area contributed by atoms with E-state index in [9.17, 15) is 44.9 Å². The molecule has 0 aromatic rings. The first kappa shape index (κ1) is 62.3. The van der Waals surface area contributed by atoms with Crippen molar-refractivity contribution >= 4 is 65.4 Å². The molecular formula is C54H90ClN7O11S3. The highest BCUT2D eigenvalue weighted by Gasteiger charge is 2.52. The van der Waals surface area contributed by atoms with E-state index in [4.69, 9.17) is 26.1 Å². The predicted octanol–water partition coefficient (Wildman–Crippen LogP) is 7.62. The van der Waals surface area contributed by atoms with Crippen molar-refractivity contribution in [3.63, 3.8) is 0 Å². The Kier molecular flexibility index (Phi) is 20.1. The molecule has 14 unspecified atom stereocenters. The fourth-order valence-corrected chi connectivity index (χ4v) is 16.9. The van der Waals surface area contributed by atoms with Gasteiger partial charge in [-0.25, -0.2) is 49.2 Å². The molecule has 0 saturated heterocycles. The normalized spacial score (nSPS) is 32.8. The van der Waals surface area contributed by atoms with E-state index < -0.39 is 94.2 Å². The average Bonchev–Trinajstić information content (AvgIpc) is 4.00. The number of sulfonamides is 3. The smallest absolute Gasteiger partial charge is 0.411 e. The molecule has 5 aliphatic carbocycles. The lowest BCUT2D eigenvalue weighted by molar-refractivity contribution is -0.146. The fourth-order valence-electron chi connectivity index (χ4n) is 13.0. The van der Waals surface area contributed by atoms with Crippen LogP contribution in [0.4, 0.5) is 4.79 Å². The summed E-state index contributed by atoms with van der Waals surface area (Å²) in [7, 11) is -11.8. The summed E-state index contributed by atoms with van der Waals surface area (Å²) in [5.74, 6) is -0.217. The molecule has 5 fully saturated rings. The molecule has 432 valence electrons. The van der Waals surface area contributed by atoms with Crippen molar-refractivity contribution < 1.29 is 49.1 Å². The van der Waals surface area contributed by atoms with Crippen molar-refractivity contribution in [2.24, 2.45) is 44.9 Å². The maximum Gasteiger partial charge on any atom is 0.411 e. The second-order valence-electron chi connectivity index (χ2n) is 25.8. The van der Waals surface area contributed by atoms with Crippen LogP contribution in [-0.4, -0.2) is 131 Å². The van der Waals surface area contributed by atoms with Gasteiger partial charge in [-0.05, 0) is 112 Å². The first-order valence-corrected chi connectivity index (χ1v) is 33.7. The van der Waals surface area contributed by atoms with E-state index >= 15 is 0 Å². The number of allylic oxidation sites excluding steroid dienone is 1. The minimum absolute atomic E-state index is 0.00839. The van der Waals surface area contributed by atoms with Crippen LogP contribution in [-0.2, 0) is 49.1 Å². The lowest BCUT2D eigenvalue weighted by atomic mass is 9.59. The van der Waals surface area contributed by atoms with E-state index in [2.05, 4.69) is 74.0 Å². The number of halogens is 1. The standard InChI is InChI=1S/C54H90ClN7O11S3/c1-13-53(7,8)35-27-40(54(9,10)14-2)46-44(28-35)58-50(72-46)34(31-56)26-33-19-22-39(25-32(33)3)62(38-17-15-16-18-38)51(65)73-47(48(63)52(4,5)6)49(64)57-42-29-37(20-23-41(42)55)60-76(70,71)45-24-21-36(59-74(11,66)67)30-43(45)61-75(12,68)69/h26,32-33,35-47,59-61H,13-25,27-30H2,1-12H3,(H,57,64)/b34-26+. The molecule has 0 aromatic carbocycles. The van der Waals surface area contributed by atoms with E-state index in [0.717, 1.165) is 63.9 Å². The molecule has 76 heavy (non-hydrogen) atoms. The molecule has 6 aliphatic rings. The monoisotopic (exact) mass is 1140 g/mol. The van der Waals surface area contributed by atoms with Crippen LogP contribution >= 0.6 is 11.6 Å². The molecule has 2 amide bonds. The number of carbonyl (C=O) groups excluding carboxylic acids is 3. The summed E-state index contributed by atoms with van der Waals surface area (Å²) in [6.45, 7) is 20.9. The third kappa shape index (κ3) is 15.5. The first-order chi connectivity index (χ1) is 35.2. The van der Waals surface area contributed by atoms with Crippen LogP contribution < -0.4 is 19.5 Å². The number of ether oxygens (including phenoxy) is 2. The summed E-state index contributed by atoms with van der Waals surface area (Å²) in [6.07, 6.45) is 11.1. The van der Waals surface area contributed by atoms with E-state index in [-0.39, 0.29) is 79.0 Å². The minimum atomic E-state index is -4.24. The predicted molar refractivity (Wildman–Crippen MR) is 296 cm³/mol. The summed E-state index contributed by atoms with van der Waals surface area (Å²) >= 11 is 6.82. The van der Waals surface area contributed by atoms with Gasteiger partial charge < -0.3 is 19.7 Å². The van der Waals surface area contributed by atoms with Crippen LogP contribution in [0, 0.1) is 51.2 Å². The van der Waals surface area contributed by atoms with Crippen LogP contribution in [0.2, 0.25) is 0 Å². The number of hydrogen-bond acceptors (Lipinski definition) is 13. The van der Waals surface area contributed by atoms with Gasteiger partial charge in [0.2, 0.25) is 42.1 Å². The van der Waals surface area contributed by atoms with Gasteiger partial charge in [-0.2, -0.15) is 5.26 Å². The Labute approximate surface area is 460 Å². The van der Waals surface area contributed by atoms with Crippen LogP contribution in [0.3, 0.4) is 0 Å². The Balaban J connectivity index is 1.15. The molecule has 6 rings (SSSR count). The summed E-state index contributed by atoms with van der Waals surface area (Å²) < 4.78 is 97.2. The second-order valence-corrected chi connectivity index (χ2v) is 31.9. The van der Waals surface area contributed by atoms with Crippen molar-refractivity contribution in [2.45, 2.75) is 244 Å². The fraction of sp³-hybridized carbons (Fsp3) is 0.870. The maximum atomic E-state index is 14.7. The molecule has 18 nitrogen and oxygen atoms in total. The molecule has 0 aromatic heterocycles. The lowest BCUT2D eigenvalue weighted by Gasteiger charge is -2.48. The number of nitriles is 1. The van der Waals surface area contributed by atoms with Gasteiger partial charge in [-0.15, -0.1) is 11.6 Å². The van der Waals surface area contributed by atoms with Gasteiger partial charge in [0, 0.05) is 47.6 Å². The Morgan fingerprint density at radius 1 is 0.789 bits per heavy atom. The van der Waals surface area contributed by atoms with E-state index in [1.54, 1.807) is 25.7 Å². The van der Waals surface area contributed by atoms with Gasteiger partial charge in [-0.1, -0.05) is 101 Å².